The fourth-order valence-electron chi connectivity index (χ4n) is 3.42. The molecule has 0 aromatic heterocycles. The Morgan fingerprint density at radius 1 is 1.00 bits per heavy atom. The van der Waals surface area contributed by atoms with Gasteiger partial charge in [0, 0.05) is 25.2 Å². The Kier molecular flexibility index (Phi) is 8.95. The molecule has 0 aliphatic rings. The van der Waals surface area contributed by atoms with Crippen LogP contribution in [0.5, 0.6) is 0 Å². The second-order valence-electron chi connectivity index (χ2n) is 8.42. The first-order chi connectivity index (χ1) is 10.8. The third-order valence-corrected chi connectivity index (χ3v) is 8.04. The summed E-state index contributed by atoms with van der Waals surface area (Å²) in [6, 6.07) is 0.378. The molecular formula is C19H42N2O2S. The van der Waals surface area contributed by atoms with Crippen molar-refractivity contribution in [3.63, 3.8) is 0 Å². The molecule has 0 aliphatic heterocycles. The lowest BCUT2D eigenvalue weighted by Gasteiger charge is -2.44. The summed E-state index contributed by atoms with van der Waals surface area (Å²) in [6.07, 6.45) is 5.16. The van der Waals surface area contributed by atoms with Crippen LogP contribution in [0.1, 0.15) is 74.1 Å². The van der Waals surface area contributed by atoms with Crippen LogP contribution < -0.4 is 0 Å². The highest BCUT2D eigenvalue weighted by Gasteiger charge is 2.37. The zero-order chi connectivity index (χ0) is 19.3. The van der Waals surface area contributed by atoms with Crippen LogP contribution in [0, 0.1) is 11.3 Å². The molecule has 0 rings (SSSR count). The quantitative estimate of drug-likeness (QED) is 0.552. The third kappa shape index (κ3) is 5.99. The largest absolute Gasteiger partial charge is 0.303 e. The molecule has 0 heterocycles. The van der Waals surface area contributed by atoms with E-state index in [2.05, 4.69) is 60.4 Å². The van der Waals surface area contributed by atoms with Crippen molar-refractivity contribution in [2.75, 3.05) is 26.9 Å². The van der Waals surface area contributed by atoms with Crippen LogP contribution in [0.3, 0.4) is 0 Å². The zero-order valence-electron chi connectivity index (χ0n) is 17.8. The Morgan fingerprint density at radius 3 is 1.79 bits per heavy atom. The summed E-state index contributed by atoms with van der Waals surface area (Å²) in [5.74, 6) is 0.624. The van der Waals surface area contributed by atoms with Gasteiger partial charge in [-0.05, 0) is 51.0 Å². The van der Waals surface area contributed by atoms with Gasteiger partial charge in [-0.2, -0.15) is 4.31 Å². The topological polar surface area (TPSA) is 40.6 Å². The molecule has 0 aromatic rings. The standard InChI is InChI=1S/C19H42N2O2S/c1-11-17(20(8)15-18(6,12-2)16(4)5)14-19(7,13-3)21(9)24(10,22)23/h16-17H,11-15H2,1-10H3. The van der Waals surface area contributed by atoms with Gasteiger partial charge < -0.3 is 4.90 Å². The highest BCUT2D eigenvalue weighted by atomic mass is 32.2. The smallest absolute Gasteiger partial charge is 0.211 e. The van der Waals surface area contributed by atoms with Gasteiger partial charge in [-0.1, -0.05) is 41.5 Å². The summed E-state index contributed by atoms with van der Waals surface area (Å²) in [6.45, 7) is 16.6. The van der Waals surface area contributed by atoms with Crippen molar-refractivity contribution in [3.05, 3.63) is 0 Å². The van der Waals surface area contributed by atoms with Crippen LogP contribution in [0.15, 0.2) is 0 Å². The number of hydrogen-bond donors (Lipinski definition) is 0. The zero-order valence-corrected chi connectivity index (χ0v) is 18.6. The molecule has 3 unspecified atom stereocenters. The first-order valence-corrected chi connectivity index (χ1v) is 11.3. The number of nitrogens with zero attached hydrogens (tertiary/aromatic N) is 2. The molecule has 0 fully saturated rings. The summed E-state index contributed by atoms with van der Waals surface area (Å²) < 4.78 is 25.7. The van der Waals surface area contributed by atoms with Crippen molar-refractivity contribution in [2.24, 2.45) is 11.3 Å². The van der Waals surface area contributed by atoms with Gasteiger partial charge in [0.2, 0.25) is 10.0 Å². The predicted octanol–water partition coefficient (Wildman–Crippen LogP) is 4.22. The maximum Gasteiger partial charge on any atom is 0.211 e. The molecule has 0 bridgehead atoms. The van der Waals surface area contributed by atoms with E-state index in [1.54, 1.807) is 11.4 Å². The lowest BCUT2D eigenvalue weighted by Crippen LogP contribution is -2.51. The molecule has 4 nitrogen and oxygen atoms in total. The average Bonchev–Trinajstić information content (AvgIpc) is 2.50. The Bertz CT molecular complexity index is 478. The van der Waals surface area contributed by atoms with Crippen molar-refractivity contribution >= 4 is 10.0 Å². The fourth-order valence-corrected chi connectivity index (χ4v) is 4.42. The van der Waals surface area contributed by atoms with Crippen molar-refractivity contribution in [3.8, 4) is 0 Å². The van der Waals surface area contributed by atoms with Gasteiger partial charge in [-0.15, -0.1) is 0 Å². The molecule has 0 radical (unpaired) electrons. The molecule has 0 amide bonds. The average molecular weight is 363 g/mol. The van der Waals surface area contributed by atoms with Crippen molar-refractivity contribution in [2.45, 2.75) is 85.7 Å². The summed E-state index contributed by atoms with van der Waals surface area (Å²) in [4.78, 5) is 2.45. The lowest BCUT2D eigenvalue weighted by molar-refractivity contribution is 0.0726. The Hall–Kier alpha value is -0.130. The fraction of sp³-hybridized carbons (Fsp3) is 1.00. The predicted molar refractivity (Wildman–Crippen MR) is 106 cm³/mol. The van der Waals surface area contributed by atoms with Gasteiger partial charge >= 0.3 is 0 Å². The molecule has 0 spiro atoms. The van der Waals surface area contributed by atoms with Crippen molar-refractivity contribution in [1.82, 2.24) is 9.21 Å². The van der Waals surface area contributed by atoms with Crippen molar-refractivity contribution < 1.29 is 8.42 Å². The normalized spacial score (nSPS) is 19.5. The second kappa shape index (κ2) is 9.00. The minimum absolute atomic E-state index is 0.285. The highest BCUT2D eigenvalue weighted by Crippen LogP contribution is 2.34. The Balaban J connectivity index is 5.33. The second-order valence-corrected chi connectivity index (χ2v) is 10.4. The van der Waals surface area contributed by atoms with Gasteiger partial charge in [-0.25, -0.2) is 8.42 Å². The first kappa shape index (κ1) is 23.9. The van der Waals surface area contributed by atoms with E-state index in [0.717, 1.165) is 32.2 Å². The molecular weight excluding hydrogens is 320 g/mol. The highest BCUT2D eigenvalue weighted by molar-refractivity contribution is 7.88. The van der Waals surface area contributed by atoms with Crippen molar-refractivity contribution in [1.29, 1.82) is 0 Å². The van der Waals surface area contributed by atoms with E-state index in [0.29, 0.717) is 12.0 Å². The summed E-state index contributed by atoms with van der Waals surface area (Å²) in [7, 11) is 0.723. The molecule has 0 aromatic carbocycles. The molecule has 0 aliphatic carbocycles. The van der Waals surface area contributed by atoms with Crippen LogP contribution in [-0.4, -0.2) is 56.1 Å². The Labute approximate surface area is 152 Å². The van der Waals surface area contributed by atoms with Gasteiger partial charge in [-0.3, -0.25) is 0 Å². The maximum atomic E-state index is 12.1. The van der Waals surface area contributed by atoms with E-state index < -0.39 is 10.0 Å². The molecule has 5 heteroatoms. The van der Waals surface area contributed by atoms with Crippen LogP contribution in [-0.2, 0) is 10.0 Å². The first-order valence-electron chi connectivity index (χ1n) is 9.41. The summed E-state index contributed by atoms with van der Waals surface area (Å²) >= 11 is 0. The van der Waals surface area contributed by atoms with Gasteiger partial charge in [0.15, 0.2) is 0 Å². The molecule has 0 saturated carbocycles. The van der Waals surface area contributed by atoms with E-state index in [1.807, 2.05) is 0 Å². The van der Waals surface area contributed by atoms with Gasteiger partial charge in [0.25, 0.3) is 0 Å². The van der Waals surface area contributed by atoms with Crippen LogP contribution in [0.25, 0.3) is 0 Å². The molecule has 0 saturated heterocycles. The van der Waals surface area contributed by atoms with E-state index in [1.165, 1.54) is 6.26 Å². The molecule has 3 atom stereocenters. The minimum atomic E-state index is -3.19. The lowest BCUT2D eigenvalue weighted by atomic mass is 9.76. The summed E-state index contributed by atoms with van der Waals surface area (Å²) in [5.41, 5.74) is -0.0590. The van der Waals surface area contributed by atoms with E-state index >= 15 is 0 Å². The van der Waals surface area contributed by atoms with Gasteiger partial charge in [0.05, 0.1) is 6.26 Å². The number of sulfonamides is 1. The molecule has 24 heavy (non-hydrogen) atoms. The minimum Gasteiger partial charge on any atom is -0.303 e. The van der Waals surface area contributed by atoms with Crippen LogP contribution in [0.2, 0.25) is 0 Å². The molecule has 0 N–H and O–H groups in total. The Morgan fingerprint density at radius 2 is 1.50 bits per heavy atom. The maximum absolute atomic E-state index is 12.1. The van der Waals surface area contributed by atoms with Crippen LogP contribution in [0.4, 0.5) is 0 Å². The van der Waals surface area contributed by atoms with Crippen LogP contribution >= 0.6 is 0 Å². The SMILES string of the molecule is CCC(CC(C)(CC)N(C)S(C)(=O)=O)N(C)CC(C)(CC)C(C)C. The third-order valence-electron chi connectivity index (χ3n) is 6.60. The number of hydrogen-bond acceptors (Lipinski definition) is 3. The van der Waals surface area contributed by atoms with Gasteiger partial charge in [0.1, 0.15) is 0 Å². The van der Waals surface area contributed by atoms with E-state index in [9.17, 15) is 8.42 Å². The molecule has 146 valence electrons. The van der Waals surface area contributed by atoms with E-state index in [-0.39, 0.29) is 11.0 Å². The number of rotatable bonds is 11. The summed E-state index contributed by atoms with van der Waals surface area (Å²) in [5, 5.41) is 0. The monoisotopic (exact) mass is 362 g/mol. The van der Waals surface area contributed by atoms with E-state index in [4.69, 9.17) is 0 Å².